The van der Waals surface area contributed by atoms with Crippen molar-refractivity contribution in [1.29, 1.82) is 0 Å². The maximum Gasteiger partial charge on any atom is 0.271 e. The molecule has 1 N–H and O–H groups in total. The summed E-state index contributed by atoms with van der Waals surface area (Å²) in [6.45, 7) is 9.52. The van der Waals surface area contributed by atoms with Crippen LogP contribution in [-0.4, -0.2) is 40.4 Å². The molecular weight excluding hydrogens is 318 g/mol. The van der Waals surface area contributed by atoms with Crippen molar-refractivity contribution in [2.75, 3.05) is 18.0 Å². The molecule has 0 aromatic carbocycles. The molecule has 0 aliphatic carbocycles. The van der Waals surface area contributed by atoms with Gasteiger partial charge in [0.25, 0.3) is 5.91 Å². The van der Waals surface area contributed by atoms with Crippen molar-refractivity contribution in [1.82, 2.24) is 10.3 Å². The van der Waals surface area contributed by atoms with Crippen molar-refractivity contribution < 1.29 is 9.59 Å². The molecule has 2 rings (SSSR count). The number of carbonyl (C=O) groups excluding carboxylic acids is 2. The number of carbonyl (C=O) groups is 2. The molecule has 0 bridgehead atoms. The van der Waals surface area contributed by atoms with Crippen LogP contribution in [0.4, 0.5) is 5.13 Å². The van der Waals surface area contributed by atoms with Crippen LogP contribution in [-0.2, 0) is 4.79 Å². The largest absolute Gasteiger partial charge is 0.348 e. The fourth-order valence-corrected chi connectivity index (χ4v) is 4.20. The summed E-state index contributed by atoms with van der Waals surface area (Å²) in [5.41, 5.74) is 0.488. The third-order valence-electron chi connectivity index (χ3n) is 3.74. The highest BCUT2D eigenvalue weighted by Gasteiger charge is 2.31. The van der Waals surface area contributed by atoms with Gasteiger partial charge in [0.1, 0.15) is 5.69 Å². The number of nitrogens with zero attached hydrogens (tertiary/aromatic N) is 2. The van der Waals surface area contributed by atoms with Crippen molar-refractivity contribution in [2.24, 2.45) is 5.92 Å². The van der Waals surface area contributed by atoms with E-state index in [4.69, 9.17) is 0 Å². The summed E-state index contributed by atoms with van der Waals surface area (Å²) < 4.78 is 0. The first-order valence-electron chi connectivity index (χ1n) is 7.59. The van der Waals surface area contributed by atoms with Crippen LogP contribution >= 0.6 is 23.1 Å². The lowest BCUT2D eigenvalue weighted by Crippen LogP contribution is -2.49. The molecule has 1 aliphatic heterocycles. The molecule has 1 aliphatic rings. The lowest BCUT2D eigenvalue weighted by Gasteiger charge is -2.37. The van der Waals surface area contributed by atoms with Gasteiger partial charge in [0.05, 0.1) is 0 Å². The average Bonchev–Trinajstić information content (AvgIpc) is 2.88. The van der Waals surface area contributed by atoms with Crippen LogP contribution in [0.1, 0.15) is 44.6 Å². The SMILES string of the molecule is CCC(NC(=O)c1csc(N2CC(SC(C)=O)C2)n1)C(C)C. The molecular formula is C15H23N3O2S2. The Morgan fingerprint density at radius 2 is 2.18 bits per heavy atom. The quantitative estimate of drug-likeness (QED) is 0.862. The average molecular weight is 342 g/mol. The molecule has 1 unspecified atom stereocenters. The molecule has 2 heterocycles. The van der Waals surface area contributed by atoms with Crippen LogP contribution in [0, 0.1) is 5.92 Å². The number of amides is 1. The first-order chi connectivity index (χ1) is 10.4. The van der Waals surface area contributed by atoms with Gasteiger partial charge in [-0.25, -0.2) is 4.98 Å². The maximum atomic E-state index is 12.2. The van der Waals surface area contributed by atoms with Gasteiger partial charge < -0.3 is 10.2 Å². The Kier molecular flexibility index (Phi) is 5.86. The second-order valence-electron chi connectivity index (χ2n) is 5.88. The first kappa shape index (κ1) is 17.3. The molecule has 122 valence electrons. The molecule has 22 heavy (non-hydrogen) atoms. The molecule has 0 spiro atoms. The summed E-state index contributed by atoms with van der Waals surface area (Å²) in [6, 6.07) is 0.179. The van der Waals surface area contributed by atoms with E-state index in [0.717, 1.165) is 24.6 Å². The second kappa shape index (κ2) is 7.46. The molecule has 1 fully saturated rings. The van der Waals surface area contributed by atoms with Crippen LogP contribution in [0.15, 0.2) is 5.38 Å². The summed E-state index contributed by atoms with van der Waals surface area (Å²) in [6.07, 6.45) is 0.913. The van der Waals surface area contributed by atoms with E-state index in [-0.39, 0.29) is 17.1 Å². The minimum absolute atomic E-state index is 0.0989. The Hall–Kier alpha value is -1.08. The molecule has 1 saturated heterocycles. The van der Waals surface area contributed by atoms with E-state index in [9.17, 15) is 9.59 Å². The number of aromatic nitrogens is 1. The Balaban J connectivity index is 1.89. The second-order valence-corrected chi connectivity index (χ2v) is 8.20. The van der Waals surface area contributed by atoms with Crippen molar-refractivity contribution in [2.45, 2.75) is 45.4 Å². The van der Waals surface area contributed by atoms with Crippen LogP contribution in [0.5, 0.6) is 0 Å². The Bertz CT molecular complexity index is 539. The number of anilines is 1. The molecule has 1 aromatic heterocycles. The van der Waals surface area contributed by atoms with Gasteiger partial charge in [0.15, 0.2) is 10.2 Å². The number of nitrogens with one attached hydrogen (secondary N) is 1. The standard InChI is InChI=1S/C15H23N3O2S2/c1-5-12(9(2)3)16-14(20)13-8-21-15(17-13)18-6-11(7-18)22-10(4)19/h8-9,11-12H,5-7H2,1-4H3,(H,16,20). The van der Waals surface area contributed by atoms with E-state index in [2.05, 4.69) is 36.0 Å². The zero-order chi connectivity index (χ0) is 16.3. The normalized spacial score (nSPS) is 16.5. The predicted molar refractivity (Wildman–Crippen MR) is 92.8 cm³/mol. The van der Waals surface area contributed by atoms with E-state index in [1.54, 1.807) is 6.92 Å². The minimum Gasteiger partial charge on any atom is -0.348 e. The van der Waals surface area contributed by atoms with Crippen molar-refractivity contribution in [3.8, 4) is 0 Å². The molecule has 0 saturated carbocycles. The Morgan fingerprint density at radius 1 is 1.50 bits per heavy atom. The number of rotatable bonds is 6. The number of thiazole rings is 1. The maximum absolute atomic E-state index is 12.2. The van der Waals surface area contributed by atoms with Crippen LogP contribution < -0.4 is 10.2 Å². The van der Waals surface area contributed by atoms with Gasteiger partial charge in [-0.3, -0.25) is 9.59 Å². The fraction of sp³-hybridized carbons (Fsp3) is 0.667. The highest BCUT2D eigenvalue weighted by molar-refractivity contribution is 8.14. The summed E-state index contributed by atoms with van der Waals surface area (Å²) >= 11 is 2.87. The van der Waals surface area contributed by atoms with E-state index in [1.807, 2.05) is 5.38 Å². The Morgan fingerprint density at radius 3 is 2.73 bits per heavy atom. The summed E-state index contributed by atoms with van der Waals surface area (Å²) in [4.78, 5) is 29.8. The van der Waals surface area contributed by atoms with E-state index in [0.29, 0.717) is 16.9 Å². The first-order valence-corrected chi connectivity index (χ1v) is 9.35. The molecule has 7 heteroatoms. The monoisotopic (exact) mass is 341 g/mol. The third kappa shape index (κ3) is 4.23. The minimum atomic E-state index is -0.0989. The van der Waals surface area contributed by atoms with Gasteiger partial charge in [0, 0.05) is 36.7 Å². The lowest BCUT2D eigenvalue weighted by molar-refractivity contribution is -0.109. The molecule has 1 atom stereocenters. The zero-order valence-electron chi connectivity index (χ0n) is 13.5. The number of hydrogen-bond acceptors (Lipinski definition) is 6. The summed E-state index contributed by atoms with van der Waals surface area (Å²) in [7, 11) is 0. The van der Waals surface area contributed by atoms with E-state index >= 15 is 0 Å². The van der Waals surface area contributed by atoms with Gasteiger partial charge in [-0.05, 0) is 12.3 Å². The van der Waals surface area contributed by atoms with Crippen LogP contribution in [0.3, 0.4) is 0 Å². The highest BCUT2D eigenvalue weighted by atomic mass is 32.2. The van der Waals surface area contributed by atoms with Crippen molar-refractivity contribution in [3.05, 3.63) is 11.1 Å². The highest BCUT2D eigenvalue weighted by Crippen LogP contribution is 2.30. The van der Waals surface area contributed by atoms with Gasteiger partial charge >= 0.3 is 0 Å². The summed E-state index contributed by atoms with van der Waals surface area (Å²) in [5, 5.41) is 6.22. The number of hydrogen-bond donors (Lipinski definition) is 1. The van der Waals surface area contributed by atoms with Crippen molar-refractivity contribution in [3.63, 3.8) is 0 Å². The van der Waals surface area contributed by atoms with Gasteiger partial charge in [0.2, 0.25) is 0 Å². The zero-order valence-corrected chi connectivity index (χ0v) is 15.1. The topological polar surface area (TPSA) is 62.3 Å². The van der Waals surface area contributed by atoms with Gasteiger partial charge in [-0.15, -0.1) is 11.3 Å². The number of thioether (sulfide) groups is 1. The predicted octanol–water partition coefficient (Wildman–Crippen LogP) is 2.78. The molecule has 0 radical (unpaired) electrons. The van der Waals surface area contributed by atoms with E-state index in [1.165, 1.54) is 23.1 Å². The van der Waals surface area contributed by atoms with Crippen LogP contribution in [0.2, 0.25) is 0 Å². The molecule has 1 aromatic rings. The smallest absolute Gasteiger partial charge is 0.271 e. The van der Waals surface area contributed by atoms with Gasteiger partial charge in [-0.2, -0.15) is 0 Å². The summed E-state index contributed by atoms with van der Waals surface area (Å²) in [5.74, 6) is 0.310. The lowest BCUT2D eigenvalue weighted by atomic mass is 10.0. The van der Waals surface area contributed by atoms with E-state index < -0.39 is 0 Å². The fourth-order valence-electron chi connectivity index (χ4n) is 2.40. The van der Waals surface area contributed by atoms with Crippen molar-refractivity contribution >= 4 is 39.3 Å². The van der Waals surface area contributed by atoms with Gasteiger partial charge in [-0.1, -0.05) is 32.5 Å². The Labute approximate surface area is 139 Å². The van der Waals surface area contributed by atoms with Crippen LogP contribution in [0.25, 0.3) is 0 Å². The molecule has 1 amide bonds. The third-order valence-corrected chi connectivity index (χ3v) is 5.60. The molecule has 5 nitrogen and oxygen atoms in total.